The van der Waals surface area contributed by atoms with Gasteiger partial charge in [-0.05, 0) is 37.3 Å². The Bertz CT molecular complexity index is 740. The Kier molecular flexibility index (Phi) is 6.14. The third-order valence-corrected chi connectivity index (χ3v) is 3.31. The Morgan fingerprint density at radius 2 is 1.83 bits per heavy atom. The predicted octanol–water partition coefficient (Wildman–Crippen LogP) is 3.85. The third-order valence-electron chi connectivity index (χ3n) is 3.31. The highest BCUT2D eigenvalue weighted by Crippen LogP contribution is 2.28. The first kappa shape index (κ1) is 17.3. The average Bonchev–Trinajstić information content (AvgIpc) is 2.61. The minimum Gasteiger partial charge on any atom is -0.495 e. The molecule has 0 saturated heterocycles. The number of amides is 2. The van der Waals surface area contributed by atoms with Gasteiger partial charge in [0.1, 0.15) is 5.75 Å². The van der Waals surface area contributed by atoms with Crippen LogP contribution in [0.3, 0.4) is 0 Å². The Morgan fingerprint density at radius 3 is 2.50 bits per heavy atom. The van der Waals surface area contributed by atoms with Crippen molar-refractivity contribution in [3.63, 3.8) is 0 Å². The molecule has 124 valence electrons. The molecule has 0 unspecified atom stereocenters. The minimum atomic E-state index is -0.244. The van der Waals surface area contributed by atoms with Crippen molar-refractivity contribution >= 4 is 23.2 Å². The summed E-state index contributed by atoms with van der Waals surface area (Å²) < 4.78 is 5.27. The first-order valence-corrected chi connectivity index (χ1v) is 7.59. The predicted molar refractivity (Wildman–Crippen MR) is 95.4 cm³/mol. The van der Waals surface area contributed by atoms with Crippen LogP contribution in [0.15, 0.2) is 60.7 Å². The molecular formula is C19H20N2O3. The highest BCUT2D eigenvalue weighted by atomic mass is 16.5. The fourth-order valence-electron chi connectivity index (χ4n) is 2.10. The Morgan fingerprint density at radius 1 is 1.08 bits per heavy atom. The Hall–Kier alpha value is -3.08. The van der Waals surface area contributed by atoms with E-state index in [-0.39, 0.29) is 11.8 Å². The van der Waals surface area contributed by atoms with Crippen molar-refractivity contribution < 1.29 is 14.3 Å². The van der Waals surface area contributed by atoms with Crippen LogP contribution in [0.4, 0.5) is 11.4 Å². The summed E-state index contributed by atoms with van der Waals surface area (Å²) in [6.07, 6.45) is 3.89. The van der Waals surface area contributed by atoms with Gasteiger partial charge in [0, 0.05) is 17.7 Å². The number of anilines is 2. The van der Waals surface area contributed by atoms with Crippen molar-refractivity contribution in [2.45, 2.75) is 13.3 Å². The molecule has 0 heterocycles. The molecule has 0 bridgehead atoms. The molecule has 0 spiro atoms. The van der Waals surface area contributed by atoms with Crippen molar-refractivity contribution in [1.29, 1.82) is 0 Å². The number of benzene rings is 2. The van der Waals surface area contributed by atoms with Crippen LogP contribution in [0.5, 0.6) is 5.75 Å². The van der Waals surface area contributed by atoms with Gasteiger partial charge in [0.15, 0.2) is 0 Å². The van der Waals surface area contributed by atoms with E-state index in [0.29, 0.717) is 29.1 Å². The molecule has 0 aliphatic carbocycles. The van der Waals surface area contributed by atoms with Gasteiger partial charge in [-0.3, -0.25) is 9.59 Å². The molecule has 0 aliphatic rings. The Labute approximate surface area is 141 Å². The number of rotatable bonds is 6. The molecule has 2 aromatic carbocycles. The molecule has 2 rings (SSSR count). The highest BCUT2D eigenvalue weighted by molar-refractivity contribution is 6.05. The van der Waals surface area contributed by atoms with Gasteiger partial charge in [0.25, 0.3) is 5.91 Å². The van der Waals surface area contributed by atoms with E-state index >= 15 is 0 Å². The lowest BCUT2D eigenvalue weighted by atomic mass is 10.2. The third kappa shape index (κ3) is 4.71. The van der Waals surface area contributed by atoms with E-state index in [1.807, 2.05) is 19.1 Å². The zero-order valence-electron chi connectivity index (χ0n) is 13.7. The smallest absolute Gasteiger partial charge is 0.255 e. The maximum absolute atomic E-state index is 12.3. The maximum Gasteiger partial charge on any atom is 0.255 e. The van der Waals surface area contributed by atoms with Gasteiger partial charge in [-0.15, -0.1) is 0 Å². The van der Waals surface area contributed by atoms with Crippen molar-refractivity contribution in [2.24, 2.45) is 0 Å². The summed E-state index contributed by atoms with van der Waals surface area (Å²) in [6, 6.07) is 14.0. The first-order valence-electron chi connectivity index (χ1n) is 7.59. The van der Waals surface area contributed by atoms with E-state index in [2.05, 4.69) is 10.6 Å². The van der Waals surface area contributed by atoms with Gasteiger partial charge in [-0.25, -0.2) is 0 Å². The molecule has 5 nitrogen and oxygen atoms in total. The molecule has 0 radical (unpaired) electrons. The largest absolute Gasteiger partial charge is 0.495 e. The summed E-state index contributed by atoms with van der Waals surface area (Å²) in [5.74, 6) is 0.149. The van der Waals surface area contributed by atoms with E-state index in [1.54, 1.807) is 48.5 Å². The van der Waals surface area contributed by atoms with Gasteiger partial charge >= 0.3 is 0 Å². The number of carbonyl (C=O) groups is 2. The second-order valence-corrected chi connectivity index (χ2v) is 5.06. The van der Waals surface area contributed by atoms with Crippen molar-refractivity contribution in [3.05, 3.63) is 66.2 Å². The minimum absolute atomic E-state index is 0.126. The number of methoxy groups -OCH3 is 1. The summed E-state index contributed by atoms with van der Waals surface area (Å²) in [5.41, 5.74) is 1.63. The summed E-state index contributed by atoms with van der Waals surface area (Å²) in [4.78, 5) is 24.1. The number of carbonyl (C=O) groups excluding carboxylic acids is 2. The van der Waals surface area contributed by atoms with Crippen LogP contribution < -0.4 is 15.4 Å². The van der Waals surface area contributed by atoms with Crippen LogP contribution in [0.25, 0.3) is 0 Å². The molecule has 0 aliphatic heterocycles. The molecule has 0 aromatic heterocycles. The van der Waals surface area contributed by atoms with Crippen LogP contribution in [-0.2, 0) is 4.79 Å². The molecular weight excluding hydrogens is 304 g/mol. The molecule has 24 heavy (non-hydrogen) atoms. The molecule has 2 aromatic rings. The number of hydrogen-bond donors (Lipinski definition) is 2. The summed E-state index contributed by atoms with van der Waals surface area (Å²) in [7, 11) is 1.53. The normalized spacial score (nSPS) is 10.4. The van der Waals surface area contributed by atoms with Gasteiger partial charge < -0.3 is 15.4 Å². The molecule has 0 fully saturated rings. The molecule has 0 atom stereocenters. The van der Waals surface area contributed by atoms with Gasteiger partial charge in [-0.2, -0.15) is 0 Å². The van der Waals surface area contributed by atoms with E-state index in [9.17, 15) is 9.59 Å². The Balaban J connectivity index is 2.17. The average molecular weight is 324 g/mol. The van der Waals surface area contributed by atoms with E-state index in [1.165, 1.54) is 7.11 Å². The van der Waals surface area contributed by atoms with Crippen molar-refractivity contribution in [3.8, 4) is 5.75 Å². The SMILES string of the molecule is C/C=C/CC(=O)Nc1ccc(OC)c(NC(=O)c2ccccc2)c1. The van der Waals surface area contributed by atoms with Crippen LogP contribution in [-0.4, -0.2) is 18.9 Å². The monoisotopic (exact) mass is 324 g/mol. The maximum atomic E-state index is 12.3. The standard InChI is InChI=1S/C19H20N2O3/c1-3-4-10-18(22)20-15-11-12-17(24-2)16(13-15)21-19(23)14-8-6-5-7-9-14/h3-9,11-13H,10H2,1-2H3,(H,20,22)(H,21,23)/b4-3+. The number of nitrogens with one attached hydrogen (secondary N) is 2. The molecule has 2 N–H and O–H groups in total. The van der Waals surface area contributed by atoms with Crippen LogP contribution in [0.2, 0.25) is 0 Å². The second-order valence-electron chi connectivity index (χ2n) is 5.06. The highest BCUT2D eigenvalue weighted by Gasteiger charge is 2.11. The summed E-state index contributed by atoms with van der Waals surface area (Å²) in [6.45, 7) is 1.86. The molecule has 5 heteroatoms. The quantitative estimate of drug-likeness (QED) is 0.793. The molecule has 2 amide bonds. The van der Waals surface area contributed by atoms with Crippen LogP contribution in [0.1, 0.15) is 23.7 Å². The number of hydrogen-bond acceptors (Lipinski definition) is 3. The summed E-state index contributed by atoms with van der Waals surface area (Å²) >= 11 is 0. The lowest BCUT2D eigenvalue weighted by molar-refractivity contribution is -0.115. The number of ether oxygens (including phenoxy) is 1. The van der Waals surface area contributed by atoms with E-state index in [0.717, 1.165) is 0 Å². The van der Waals surface area contributed by atoms with Crippen LogP contribution >= 0.6 is 0 Å². The lowest BCUT2D eigenvalue weighted by Gasteiger charge is -2.12. The number of allylic oxidation sites excluding steroid dienone is 1. The lowest BCUT2D eigenvalue weighted by Crippen LogP contribution is -2.14. The van der Waals surface area contributed by atoms with Gasteiger partial charge in [-0.1, -0.05) is 30.4 Å². The second kappa shape index (κ2) is 8.53. The van der Waals surface area contributed by atoms with E-state index in [4.69, 9.17) is 4.74 Å². The van der Waals surface area contributed by atoms with E-state index < -0.39 is 0 Å². The van der Waals surface area contributed by atoms with Crippen LogP contribution in [0, 0.1) is 0 Å². The van der Waals surface area contributed by atoms with Crippen molar-refractivity contribution in [2.75, 3.05) is 17.7 Å². The van der Waals surface area contributed by atoms with Crippen molar-refractivity contribution in [1.82, 2.24) is 0 Å². The van der Waals surface area contributed by atoms with Gasteiger partial charge in [0.05, 0.1) is 12.8 Å². The summed E-state index contributed by atoms with van der Waals surface area (Å²) in [5, 5.41) is 5.59. The fourth-order valence-corrected chi connectivity index (χ4v) is 2.10. The fraction of sp³-hybridized carbons (Fsp3) is 0.158. The first-order chi connectivity index (χ1) is 11.6. The van der Waals surface area contributed by atoms with Gasteiger partial charge in [0.2, 0.25) is 5.91 Å². The molecule has 0 saturated carbocycles. The zero-order chi connectivity index (χ0) is 17.4. The zero-order valence-corrected chi connectivity index (χ0v) is 13.7. The topological polar surface area (TPSA) is 67.4 Å².